The Hall–Kier alpha value is -3.74. The maximum Gasteiger partial charge on any atom is 0.286 e. The van der Waals surface area contributed by atoms with Crippen LogP contribution in [-0.2, 0) is 30.3 Å². The number of benzene rings is 2. The standard InChI is InChI=1S/C32H39N3O7S/c1-2-41-32-25(11-14-39-16-17-40-15-13-36)26(24-12-18-43-21-24)19-29(42-32)31(38)34-20-22-7-9-23(10-8-22)30(37)35-28-6-4-3-5-27(28)33/h3-10,12,18-19,21,25-26,32,36H,2,11,13-17,20,33H2,1H3,(H,34,38)(H,35,37)/t25-,26-,32-/m0/s1. The van der Waals surface area contributed by atoms with E-state index in [4.69, 9.17) is 29.8 Å². The number of hydrogen-bond donors (Lipinski definition) is 4. The Morgan fingerprint density at radius 2 is 1.77 bits per heavy atom. The maximum absolute atomic E-state index is 13.2. The van der Waals surface area contributed by atoms with Crippen LogP contribution < -0.4 is 16.4 Å². The fraction of sp³-hybridized carbons (Fsp3) is 0.375. The Morgan fingerprint density at radius 3 is 2.47 bits per heavy atom. The SMILES string of the molecule is CCO[C@H]1OC(C(=O)NCc2ccc(C(=O)Nc3ccccc3N)cc2)=C[C@@H](c2ccsc2)[C@@H]1CCOCCOCCO. The number of hydrogen-bond acceptors (Lipinski definition) is 9. The van der Waals surface area contributed by atoms with Crippen LogP contribution in [0.2, 0.25) is 0 Å². The number of anilines is 2. The fourth-order valence-corrected chi connectivity index (χ4v) is 5.44. The number of rotatable bonds is 16. The minimum atomic E-state index is -0.619. The van der Waals surface area contributed by atoms with Gasteiger partial charge >= 0.3 is 0 Å². The molecule has 2 aromatic carbocycles. The van der Waals surface area contributed by atoms with E-state index in [0.29, 0.717) is 49.8 Å². The summed E-state index contributed by atoms with van der Waals surface area (Å²) in [4.78, 5) is 25.9. The number of allylic oxidation sites excluding steroid dienone is 1. The number of carbonyl (C=O) groups excluding carboxylic acids is 2. The van der Waals surface area contributed by atoms with Crippen molar-refractivity contribution >= 4 is 34.5 Å². The van der Waals surface area contributed by atoms with E-state index in [2.05, 4.69) is 22.1 Å². The maximum atomic E-state index is 13.2. The van der Waals surface area contributed by atoms with Crippen molar-refractivity contribution in [2.45, 2.75) is 32.1 Å². The number of nitrogens with one attached hydrogen (secondary N) is 2. The summed E-state index contributed by atoms with van der Waals surface area (Å²) in [6.45, 7) is 4.16. The molecular weight excluding hydrogens is 570 g/mol. The van der Waals surface area contributed by atoms with Crippen LogP contribution in [0.25, 0.3) is 0 Å². The molecule has 0 fully saturated rings. The molecule has 11 heteroatoms. The number of thiophene rings is 1. The van der Waals surface area contributed by atoms with E-state index >= 15 is 0 Å². The van der Waals surface area contributed by atoms with E-state index in [-0.39, 0.29) is 49.2 Å². The average Bonchev–Trinajstić information content (AvgIpc) is 3.56. The highest BCUT2D eigenvalue weighted by atomic mass is 32.1. The third-order valence-corrected chi connectivity index (χ3v) is 7.65. The van der Waals surface area contributed by atoms with Gasteiger partial charge < -0.3 is 40.4 Å². The zero-order valence-electron chi connectivity index (χ0n) is 24.2. The third kappa shape index (κ3) is 9.37. The normalized spacial score (nSPS) is 18.0. The Labute approximate surface area is 255 Å². The molecule has 5 N–H and O–H groups in total. The second-order valence-corrected chi connectivity index (χ2v) is 10.7. The quantitative estimate of drug-likeness (QED) is 0.139. The molecule has 0 saturated carbocycles. The number of para-hydroxylation sites is 2. The smallest absolute Gasteiger partial charge is 0.286 e. The molecule has 1 aliphatic rings. The van der Waals surface area contributed by atoms with Gasteiger partial charge in [-0.15, -0.1) is 0 Å². The lowest BCUT2D eigenvalue weighted by Gasteiger charge is -2.36. The van der Waals surface area contributed by atoms with Crippen LogP contribution in [0.5, 0.6) is 0 Å². The van der Waals surface area contributed by atoms with Gasteiger partial charge in [0.05, 0.1) is 37.8 Å². The monoisotopic (exact) mass is 609 g/mol. The van der Waals surface area contributed by atoms with Gasteiger partial charge in [0.2, 0.25) is 6.29 Å². The number of aliphatic hydroxyl groups excluding tert-OH is 1. The van der Waals surface area contributed by atoms with Crippen molar-refractivity contribution in [3.05, 3.63) is 93.9 Å². The average molecular weight is 610 g/mol. The van der Waals surface area contributed by atoms with E-state index in [1.54, 1.807) is 59.9 Å². The highest BCUT2D eigenvalue weighted by molar-refractivity contribution is 7.08. The first kappa shape index (κ1) is 32.2. The van der Waals surface area contributed by atoms with Crippen LogP contribution in [0.3, 0.4) is 0 Å². The number of nitrogens with two attached hydrogens (primary N) is 1. The molecule has 0 aliphatic carbocycles. The molecule has 43 heavy (non-hydrogen) atoms. The van der Waals surface area contributed by atoms with Gasteiger partial charge in [0, 0.05) is 37.2 Å². The molecule has 230 valence electrons. The number of amides is 2. The van der Waals surface area contributed by atoms with Crippen LogP contribution in [0.1, 0.15) is 40.7 Å². The van der Waals surface area contributed by atoms with Crippen LogP contribution in [0, 0.1) is 5.92 Å². The number of carbonyl (C=O) groups is 2. The number of ether oxygens (including phenoxy) is 4. The molecular formula is C32H39N3O7S. The van der Waals surface area contributed by atoms with Crippen LogP contribution >= 0.6 is 11.3 Å². The second-order valence-electron chi connectivity index (χ2n) is 9.88. The molecule has 0 radical (unpaired) electrons. The lowest BCUT2D eigenvalue weighted by molar-refractivity contribution is -0.168. The van der Waals surface area contributed by atoms with E-state index in [0.717, 1.165) is 11.1 Å². The zero-order valence-corrected chi connectivity index (χ0v) is 25.0. The van der Waals surface area contributed by atoms with E-state index in [9.17, 15) is 9.59 Å². The minimum absolute atomic E-state index is 0.0174. The summed E-state index contributed by atoms with van der Waals surface area (Å²) in [5.74, 6) is -0.564. The van der Waals surface area contributed by atoms with Gasteiger partial charge in [0.25, 0.3) is 11.8 Å². The lowest BCUT2D eigenvalue weighted by atomic mass is 9.82. The molecule has 0 unspecified atom stereocenters. The minimum Gasteiger partial charge on any atom is -0.459 e. The summed E-state index contributed by atoms with van der Waals surface area (Å²) < 4.78 is 23.1. The Bertz CT molecular complexity index is 1330. The van der Waals surface area contributed by atoms with Gasteiger partial charge in [-0.2, -0.15) is 11.3 Å². The molecule has 0 bridgehead atoms. The predicted octanol–water partition coefficient (Wildman–Crippen LogP) is 4.29. The number of nitrogen functional groups attached to an aromatic ring is 1. The van der Waals surface area contributed by atoms with Crippen molar-refractivity contribution in [2.75, 3.05) is 50.7 Å². The van der Waals surface area contributed by atoms with Crippen molar-refractivity contribution in [1.82, 2.24) is 5.32 Å². The topological polar surface area (TPSA) is 141 Å². The van der Waals surface area contributed by atoms with Crippen molar-refractivity contribution in [3.8, 4) is 0 Å². The summed E-state index contributed by atoms with van der Waals surface area (Å²) in [5.41, 5.74) is 9.35. The zero-order chi connectivity index (χ0) is 30.4. The summed E-state index contributed by atoms with van der Waals surface area (Å²) in [6, 6.07) is 16.1. The highest BCUT2D eigenvalue weighted by Crippen LogP contribution is 2.39. The summed E-state index contributed by atoms with van der Waals surface area (Å²) in [6.07, 6.45) is 1.91. The highest BCUT2D eigenvalue weighted by Gasteiger charge is 2.38. The van der Waals surface area contributed by atoms with E-state index in [1.807, 2.05) is 18.4 Å². The van der Waals surface area contributed by atoms with Gasteiger partial charge in [-0.3, -0.25) is 9.59 Å². The molecule has 1 aliphatic heterocycles. The largest absolute Gasteiger partial charge is 0.459 e. The first-order valence-electron chi connectivity index (χ1n) is 14.3. The Balaban J connectivity index is 1.37. The molecule has 2 heterocycles. The Kier molecular flexibility index (Phi) is 12.6. The van der Waals surface area contributed by atoms with Gasteiger partial charge in [-0.25, -0.2) is 0 Å². The van der Waals surface area contributed by atoms with Crippen molar-refractivity contribution in [3.63, 3.8) is 0 Å². The van der Waals surface area contributed by atoms with Gasteiger partial charge in [0.1, 0.15) is 0 Å². The molecule has 1 aromatic heterocycles. The van der Waals surface area contributed by atoms with Gasteiger partial charge in [0.15, 0.2) is 5.76 Å². The first-order chi connectivity index (χ1) is 21.0. The van der Waals surface area contributed by atoms with Crippen LogP contribution in [-0.4, -0.2) is 62.9 Å². The van der Waals surface area contributed by atoms with Crippen molar-refractivity contribution in [2.24, 2.45) is 5.92 Å². The fourth-order valence-electron chi connectivity index (χ4n) is 4.74. The lowest BCUT2D eigenvalue weighted by Crippen LogP contribution is -2.39. The third-order valence-electron chi connectivity index (χ3n) is 6.95. The molecule has 10 nitrogen and oxygen atoms in total. The van der Waals surface area contributed by atoms with Crippen LogP contribution in [0.4, 0.5) is 11.4 Å². The predicted molar refractivity (Wildman–Crippen MR) is 166 cm³/mol. The van der Waals surface area contributed by atoms with Gasteiger partial charge in [-0.1, -0.05) is 24.3 Å². The second kappa shape index (κ2) is 16.8. The summed E-state index contributed by atoms with van der Waals surface area (Å²) in [7, 11) is 0. The molecule has 3 aromatic rings. The summed E-state index contributed by atoms with van der Waals surface area (Å²) >= 11 is 1.60. The summed E-state index contributed by atoms with van der Waals surface area (Å²) in [5, 5.41) is 18.6. The molecule has 3 atom stereocenters. The van der Waals surface area contributed by atoms with Crippen molar-refractivity contribution in [1.29, 1.82) is 0 Å². The first-order valence-corrected chi connectivity index (χ1v) is 15.3. The number of aliphatic hydroxyl groups is 1. The Morgan fingerprint density at radius 1 is 1.00 bits per heavy atom. The van der Waals surface area contributed by atoms with Crippen molar-refractivity contribution < 1.29 is 33.6 Å². The van der Waals surface area contributed by atoms with E-state index in [1.165, 1.54) is 0 Å². The van der Waals surface area contributed by atoms with Crippen LogP contribution in [0.15, 0.2) is 77.2 Å². The van der Waals surface area contributed by atoms with E-state index < -0.39 is 6.29 Å². The van der Waals surface area contributed by atoms with Gasteiger partial charge in [-0.05, 0) is 71.6 Å². The molecule has 0 spiro atoms. The molecule has 0 saturated heterocycles. The molecule has 4 rings (SSSR count). The molecule has 2 amide bonds.